The average molecular weight is 278 g/mol. The molecule has 2 atom stereocenters. The van der Waals surface area contributed by atoms with Crippen LogP contribution >= 0.6 is 0 Å². The summed E-state index contributed by atoms with van der Waals surface area (Å²) in [6.45, 7) is 10.4. The molecule has 0 heterocycles. The van der Waals surface area contributed by atoms with Crippen molar-refractivity contribution >= 4 is 5.97 Å². The Labute approximate surface area is 121 Å². The van der Waals surface area contributed by atoms with Gasteiger partial charge in [-0.25, -0.2) is 4.79 Å². The lowest BCUT2D eigenvalue weighted by atomic mass is 9.48. The standard InChI is InChI=1S/C17H26O3/c1-5-19-17-8-12-6-13(9-17)16(4,14(7-12)10-17)20-15(18)11(2)3/h12-14H,2,5-10H2,1,3-4H3. The third kappa shape index (κ3) is 2.02. The number of hydrogen-bond donors (Lipinski definition) is 0. The molecule has 3 nitrogen and oxygen atoms in total. The summed E-state index contributed by atoms with van der Waals surface area (Å²) in [5, 5.41) is 0. The molecule has 4 aliphatic carbocycles. The molecule has 0 saturated heterocycles. The zero-order chi connectivity index (χ0) is 14.5. The van der Waals surface area contributed by atoms with E-state index >= 15 is 0 Å². The van der Waals surface area contributed by atoms with Crippen LogP contribution in [0.2, 0.25) is 0 Å². The van der Waals surface area contributed by atoms with Gasteiger partial charge < -0.3 is 9.47 Å². The van der Waals surface area contributed by atoms with Crippen molar-refractivity contribution in [3.63, 3.8) is 0 Å². The Morgan fingerprint density at radius 2 is 1.85 bits per heavy atom. The maximum atomic E-state index is 12.0. The van der Waals surface area contributed by atoms with Crippen molar-refractivity contribution in [1.29, 1.82) is 0 Å². The van der Waals surface area contributed by atoms with Crippen LogP contribution < -0.4 is 0 Å². The van der Waals surface area contributed by atoms with Gasteiger partial charge in [-0.15, -0.1) is 0 Å². The van der Waals surface area contributed by atoms with E-state index in [1.807, 2.05) is 0 Å². The first kappa shape index (κ1) is 14.1. The molecule has 4 bridgehead atoms. The second-order valence-corrected chi connectivity index (χ2v) is 7.31. The summed E-state index contributed by atoms with van der Waals surface area (Å²) in [5.41, 5.74) is 0.257. The molecule has 4 saturated carbocycles. The Balaban J connectivity index is 1.83. The Morgan fingerprint density at radius 3 is 2.35 bits per heavy atom. The van der Waals surface area contributed by atoms with Crippen molar-refractivity contribution in [3.05, 3.63) is 12.2 Å². The normalized spacial score (nSPS) is 45.5. The summed E-state index contributed by atoms with van der Waals surface area (Å²) in [6.07, 6.45) is 5.68. The molecular weight excluding hydrogens is 252 g/mol. The fraction of sp³-hybridized carbons (Fsp3) is 0.824. The fourth-order valence-corrected chi connectivity index (χ4v) is 5.05. The Morgan fingerprint density at radius 1 is 1.25 bits per heavy atom. The van der Waals surface area contributed by atoms with Crippen LogP contribution in [0.3, 0.4) is 0 Å². The summed E-state index contributed by atoms with van der Waals surface area (Å²) in [7, 11) is 0. The van der Waals surface area contributed by atoms with E-state index in [-0.39, 0.29) is 17.2 Å². The lowest BCUT2D eigenvalue weighted by Gasteiger charge is -2.63. The van der Waals surface area contributed by atoms with Crippen LogP contribution in [0.1, 0.15) is 52.9 Å². The lowest BCUT2D eigenvalue weighted by Crippen LogP contribution is -2.64. The van der Waals surface area contributed by atoms with Gasteiger partial charge in [0, 0.05) is 24.0 Å². The molecule has 20 heavy (non-hydrogen) atoms. The second-order valence-electron chi connectivity index (χ2n) is 7.31. The monoisotopic (exact) mass is 278 g/mol. The first-order valence-electron chi connectivity index (χ1n) is 7.91. The molecular formula is C17H26O3. The molecule has 2 unspecified atom stereocenters. The second kappa shape index (κ2) is 4.59. The molecule has 4 aliphatic rings. The minimum atomic E-state index is -0.312. The summed E-state index contributed by atoms with van der Waals surface area (Å²) in [4.78, 5) is 12.0. The van der Waals surface area contributed by atoms with Crippen molar-refractivity contribution in [1.82, 2.24) is 0 Å². The van der Waals surface area contributed by atoms with E-state index in [0.717, 1.165) is 25.4 Å². The summed E-state index contributed by atoms with van der Waals surface area (Å²) in [6, 6.07) is 0. The van der Waals surface area contributed by atoms with Crippen LogP contribution in [0.25, 0.3) is 0 Å². The highest BCUT2D eigenvalue weighted by Crippen LogP contribution is 2.62. The van der Waals surface area contributed by atoms with Crippen LogP contribution in [0.5, 0.6) is 0 Å². The summed E-state index contributed by atoms with van der Waals surface area (Å²) in [5.74, 6) is 1.42. The first-order chi connectivity index (χ1) is 9.38. The number of carbonyl (C=O) groups is 1. The quantitative estimate of drug-likeness (QED) is 0.583. The summed E-state index contributed by atoms with van der Waals surface area (Å²) < 4.78 is 12.0. The number of carbonyl (C=O) groups excluding carboxylic acids is 1. The molecule has 0 aromatic rings. The van der Waals surface area contributed by atoms with Gasteiger partial charge in [0.25, 0.3) is 0 Å². The molecule has 0 N–H and O–H groups in total. The maximum absolute atomic E-state index is 12.0. The zero-order valence-corrected chi connectivity index (χ0v) is 12.9. The predicted octanol–water partition coefficient (Wildman–Crippen LogP) is 3.48. The van der Waals surface area contributed by atoms with E-state index in [9.17, 15) is 4.79 Å². The number of ether oxygens (including phenoxy) is 2. The van der Waals surface area contributed by atoms with Crippen molar-refractivity contribution in [3.8, 4) is 0 Å². The van der Waals surface area contributed by atoms with Gasteiger partial charge in [0.2, 0.25) is 0 Å². The smallest absolute Gasteiger partial charge is 0.333 e. The maximum Gasteiger partial charge on any atom is 0.333 e. The minimum Gasteiger partial charge on any atom is -0.455 e. The van der Waals surface area contributed by atoms with Crippen LogP contribution in [-0.4, -0.2) is 23.8 Å². The number of rotatable bonds is 4. The zero-order valence-electron chi connectivity index (χ0n) is 12.9. The molecule has 3 heteroatoms. The van der Waals surface area contributed by atoms with Gasteiger partial charge in [0.1, 0.15) is 5.60 Å². The molecule has 0 spiro atoms. The Bertz CT molecular complexity index is 424. The molecule has 4 rings (SSSR count). The van der Waals surface area contributed by atoms with E-state index in [1.54, 1.807) is 6.92 Å². The van der Waals surface area contributed by atoms with Gasteiger partial charge in [0.15, 0.2) is 0 Å². The largest absolute Gasteiger partial charge is 0.455 e. The van der Waals surface area contributed by atoms with Crippen molar-refractivity contribution < 1.29 is 14.3 Å². The van der Waals surface area contributed by atoms with E-state index in [1.165, 1.54) is 19.3 Å². The Kier molecular flexibility index (Phi) is 3.24. The minimum absolute atomic E-state index is 0.0698. The van der Waals surface area contributed by atoms with Crippen LogP contribution in [0.4, 0.5) is 0 Å². The summed E-state index contributed by atoms with van der Waals surface area (Å²) >= 11 is 0. The van der Waals surface area contributed by atoms with E-state index < -0.39 is 0 Å². The van der Waals surface area contributed by atoms with Crippen LogP contribution in [0.15, 0.2) is 12.2 Å². The van der Waals surface area contributed by atoms with E-state index in [4.69, 9.17) is 9.47 Å². The van der Waals surface area contributed by atoms with Gasteiger partial charge in [0.05, 0.1) is 5.60 Å². The van der Waals surface area contributed by atoms with Crippen molar-refractivity contribution in [2.24, 2.45) is 17.8 Å². The number of esters is 1. The molecule has 112 valence electrons. The average Bonchev–Trinajstić information content (AvgIpc) is 2.35. The molecule has 0 amide bonds. The van der Waals surface area contributed by atoms with Crippen LogP contribution in [-0.2, 0) is 14.3 Å². The Hall–Kier alpha value is -0.830. The van der Waals surface area contributed by atoms with Gasteiger partial charge in [-0.3, -0.25) is 0 Å². The predicted molar refractivity (Wildman–Crippen MR) is 77.2 cm³/mol. The highest BCUT2D eigenvalue weighted by Gasteiger charge is 2.62. The lowest BCUT2D eigenvalue weighted by molar-refractivity contribution is -0.244. The van der Waals surface area contributed by atoms with Gasteiger partial charge in [-0.2, -0.15) is 0 Å². The van der Waals surface area contributed by atoms with E-state index in [2.05, 4.69) is 20.4 Å². The van der Waals surface area contributed by atoms with Crippen molar-refractivity contribution in [2.45, 2.75) is 64.1 Å². The molecule has 0 radical (unpaired) electrons. The third-order valence-electron chi connectivity index (χ3n) is 5.87. The molecule has 0 aromatic heterocycles. The molecule has 0 aromatic carbocycles. The molecule has 4 fully saturated rings. The topological polar surface area (TPSA) is 35.5 Å². The van der Waals surface area contributed by atoms with Gasteiger partial charge >= 0.3 is 5.97 Å². The highest BCUT2D eigenvalue weighted by atomic mass is 16.6. The van der Waals surface area contributed by atoms with Crippen molar-refractivity contribution in [2.75, 3.05) is 6.61 Å². The number of hydrogen-bond acceptors (Lipinski definition) is 3. The first-order valence-corrected chi connectivity index (χ1v) is 7.91. The van der Waals surface area contributed by atoms with Crippen LogP contribution in [0, 0.1) is 17.8 Å². The SMILES string of the molecule is C=C(C)C(=O)OC1(C)C2CC3CC1CC(OCC)(C3)C2. The van der Waals surface area contributed by atoms with E-state index in [0.29, 0.717) is 17.4 Å². The van der Waals surface area contributed by atoms with Gasteiger partial charge in [-0.1, -0.05) is 6.58 Å². The van der Waals surface area contributed by atoms with Gasteiger partial charge in [-0.05, 0) is 58.8 Å². The highest BCUT2D eigenvalue weighted by molar-refractivity contribution is 5.87. The third-order valence-corrected chi connectivity index (χ3v) is 5.87. The molecule has 0 aliphatic heterocycles. The fourth-order valence-electron chi connectivity index (χ4n) is 5.05.